The molecule has 13 nitrogen and oxygen atoms in total. The number of benzene rings is 2. The number of aromatic amines is 1. The van der Waals surface area contributed by atoms with Crippen molar-refractivity contribution in [2.24, 2.45) is 17.4 Å². The molecule has 0 spiro atoms. The van der Waals surface area contributed by atoms with Crippen molar-refractivity contribution >= 4 is 40.5 Å². The number of primary amides is 1. The van der Waals surface area contributed by atoms with Crippen LogP contribution >= 0.6 is 0 Å². The first-order chi connectivity index (χ1) is 20.4. The predicted octanol–water partition coefficient (Wildman–Crippen LogP) is 0.447. The first-order valence-corrected chi connectivity index (χ1v) is 13.9. The van der Waals surface area contributed by atoms with Crippen molar-refractivity contribution in [2.75, 3.05) is 0 Å². The van der Waals surface area contributed by atoms with Crippen LogP contribution in [0.15, 0.2) is 54.7 Å². The SMILES string of the molecule is CCC(C)C(NC(=O)C(Cc1ccc(O)cc1)NC(=O)C(N)CC(N)=O)C(=O)NC(Cc1c[nH]c2ccccc12)C(=O)O. The molecule has 5 atom stereocenters. The Bertz CT molecular complexity index is 1450. The van der Waals surface area contributed by atoms with Crippen molar-refractivity contribution in [3.8, 4) is 5.75 Å². The number of aromatic nitrogens is 1. The van der Waals surface area contributed by atoms with Crippen LogP contribution in [0, 0.1) is 5.92 Å². The van der Waals surface area contributed by atoms with E-state index in [1.54, 1.807) is 25.3 Å². The Morgan fingerprint density at radius 1 is 0.884 bits per heavy atom. The lowest BCUT2D eigenvalue weighted by Gasteiger charge is -2.28. The van der Waals surface area contributed by atoms with Crippen LogP contribution in [-0.2, 0) is 36.8 Å². The number of fused-ring (bicyclic) bond motifs is 1. The highest BCUT2D eigenvalue weighted by Gasteiger charge is 2.33. The molecule has 0 saturated carbocycles. The van der Waals surface area contributed by atoms with Crippen LogP contribution in [0.25, 0.3) is 10.9 Å². The third-order valence-electron chi connectivity index (χ3n) is 7.27. The van der Waals surface area contributed by atoms with E-state index in [4.69, 9.17) is 11.5 Å². The summed E-state index contributed by atoms with van der Waals surface area (Å²) in [5.41, 5.74) is 13.0. The molecule has 10 N–H and O–H groups in total. The second-order valence-corrected chi connectivity index (χ2v) is 10.5. The Morgan fingerprint density at radius 3 is 2.16 bits per heavy atom. The lowest BCUT2D eigenvalue weighted by Crippen LogP contribution is -2.59. The molecule has 1 heterocycles. The van der Waals surface area contributed by atoms with E-state index >= 15 is 0 Å². The highest BCUT2D eigenvalue weighted by atomic mass is 16.4. The number of carboxylic acids is 1. The topological polar surface area (TPSA) is 230 Å². The van der Waals surface area contributed by atoms with E-state index in [1.807, 2.05) is 31.2 Å². The van der Waals surface area contributed by atoms with Gasteiger partial charge in [-0.05, 0) is 35.2 Å². The molecular weight excluding hydrogens is 556 g/mol. The fraction of sp³-hybridized carbons (Fsp3) is 0.367. The molecule has 0 radical (unpaired) electrons. The van der Waals surface area contributed by atoms with E-state index in [2.05, 4.69) is 20.9 Å². The highest BCUT2D eigenvalue weighted by Crippen LogP contribution is 2.20. The monoisotopic (exact) mass is 594 g/mol. The number of carbonyl (C=O) groups is 5. The zero-order valence-electron chi connectivity index (χ0n) is 24.0. The number of carboxylic acid groups (broad SMARTS) is 1. The molecule has 230 valence electrons. The Kier molecular flexibility index (Phi) is 11.2. The molecule has 1 aromatic heterocycles. The standard InChI is InChI=1S/C30H38N6O7/c1-3-16(2)26(29(41)35-24(30(42)43)13-18-15-33-22-7-5-4-6-20(18)22)36-28(40)23(12-17-8-10-19(37)11-9-17)34-27(39)21(31)14-25(32)38/h4-11,15-16,21,23-24,26,33,37H,3,12-14,31H2,1-2H3,(H2,32,38)(H,34,39)(H,35,41)(H,36,40)(H,42,43). The maximum atomic E-state index is 13.5. The van der Waals surface area contributed by atoms with Crippen molar-refractivity contribution in [3.63, 3.8) is 0 Å². The fourth-order valence-electron chi connectivity index (χ4n) is 4.60. The summed E-state index contributed by atoms with van der Waals surface area (Å²) in [5.74, 6) is -4.66. The third-order valence-corrected chi connectivity index (χ3v) is 7.27. The largest absolute Gasteiger partial charge is 0.508 e. The molecule has 3 aromatic rings. The molecule has 0 fully saturated rings. The van der Waals surface area contributed by atoms with Gasteiger partial charge in [0.2, 0.25) is 23.6 Å². The van der Waals surface area contributed by atoms with Gasteiger partial charge in [-0.25, -0.2) is 4.79 Å². The van der Waals surface area contributed by atoms with Gasteiger partial charge in [-0.2, -0.15) is 0 Å². The van der Waals surface area contributed by atoms with Crippen LogP contribution in [0.1, 0.15) is 37.8 Å². The van der Waals surface area contributed by atoms with Gasteiger partial charge in [0, 0.05) is 29.9 Å². The number of phenols is 1. The zero-order chi connectivity index (χ0) is 31.7. The minimum atomic E-state index is -1.30. The number of amides is 4. The van der Waals surface area contributed by atoms with E-state index < -0.39 is 66.1 Å². The number of H-pyrrole nitrogens is 1. The number of aromatic hydroxyl groups is 1. The number of hydrogen-bond acceptors (Lipinski definition) is 7. The average molecular weight is 595 g/mol. The summed E-state index contributed by atoms with van der Waals surface area (Å²) in [7, 11) is 0. The van der Waals surface area contributed by atoms with Crippen LogP contribution in [0.5, 0.6) is 5.75 Å². The molecule has 0 saturated heterocycles. The van der Waals surface area contributed by atoms with Crippen molar-refractivity contribution in [2.45, 2.75) is 63.7 Å². The normalized spacial score (nSPS) is 14.6. The maximum Gasteiger partial charge on any atom is 0.326 e. The van der Waals surface area contributed by atoms with Gasteiger partial charge >= 0.3 is 5.97 Å². The number of nitrogens with two attached hydrogens (primary N) is 2. The maximum absolute atomic E-state index is 13.5. The molecule has 43 heavy (non-hydrogen) atoms. The predicted molar refractivity (Wildman–Crippen MR) is 158 cm³/mol. The highest BCUT2D eigenvalue weighted by molar-refractivity contribution is 5.95. The number of phenolic OH excluding ortho intramolecular Hbond substituents is 1. The lowest BCUT2D eigenvalue weighted by atomic mass is 9.96. The van der Waals surface area contributed by atoms with Crippen LogP contribution < -0.4 is 27.4 Å². The Labute approximate surface area is 248 Å². The van der Waals surface area contributed by atoms with Crippen LogP contribution in [-0.4, -0.2) is 69.0 Å². The molecule has 0 bridgehead atoms. The minimum Gasteiger partial charge on any atom is -0.508 e. The second-order valence-electron chi connectivity index (χ2n) is 10.5. The Morgan fingerprint density at radius 2 is 1.53 bits per heavy atom. The van der Waals surface area contributed by atoms with Gasteiger partial charge in [0.25, 0.3) is 0 Å². The minimum absolute atomic E-state index is 0.00352. The molecular formula is C30H38N6O7. The van der Waals surface area contributed by atoms with Crippen molar-refractivity contribution in [1.82, 2.24) is 20.9 Å². The van der Waals surface area contributed by atoms with E-state index in [1.165, 1.54) is 12.1 Å². The molecule has 3 rings (SSSR count). The number of rotatable bonds is 15. The summed E-state index contributed by atoms with van der Waals surface area (Å²) >= 11 is 0. The molecule has 5 unspecified atom stereocenters. The number of carbonyl (C=O) groups excluding carboxylic acids is 4. The van der Waals surface area contributed by atoms with Crippen molar-refractivity contribution < 1.29 is 34.2 Å². The summed E-state index contributed by atoms with van der Waals surface area (Å²) in [6.45, 7) is 3.55. The van der Waals surface area contributed by atoms with E-state index in [0.29, 0.717) is 17.5 Å². The fourth-order valence-corrected chi connectivity index (χ4v) is 4.60. The first-order valence-electron chi connectivity index (χ1n) is 13.9. The van der Waals surface area contributed by atoms with Crippen LogP contribution in [0.2, 0.25) is 0 Å². The molecule has 4 amide bonds. The third kappa shape index (κ3) is 9.04. The van der Waals surface area contributed by atoms with Gasteiger partial charge in [-0.3, -0.25) is 19.2 Å². The summed E-state index contributed by atoms with van der Waals surface area (Å²) in [6.07, 6.45) is 1.69. The van der Waals surface area contributed by atoms with Gasteiger partial charge in [0.1, 0.15) is 23.9 Å². The van der Waals surface area contributed by atoms with Crippen molar-refractivity contribution in [1.29, 1.82) is 0 Å². The van der Waals surface area contributed by atoms with Crippen molar-refractivity contribution in [3.05, 3.63) is 65.9 Å². The Hall–Kier alpha value is -4.91. The lowest BCUT2D eigenvalue weighted by molar-refractivity contribution is -0.142. The number of aliphatic carboxylic acids is 1. The summed E-state index contributed by atoms with van der Waals surface area (Å²) < 4.78 is 0. The van der Waals surface area contributed by atoms with Gasteiger partial charge in [-0.15, -0.1) is 0 Å². The smallest absolute Gasteiger partial charge is 0.326 e. The number of para-hydroxylation sites is 1. The average Bonchev–Trinajstić information content (AvgIpc) is 3.37. The summed E-state index contributed by atoms with van der Waals surface area (Å²) in [4.78, 5) is 66.2. The number of hydrogen-bond donors (Lipinski definition) is 8. The van der Waals surface area contributed by atoms with Gasteiger partial charge in [-0.1, -0.05) is 50.6 Å². The van der Waals surface area contributed by atoms with Gasteiger partial charge in [0.05, 0.1) is 12.5 Å². The van der Waals surface area contributed by atoms with E-state index in [9.17, 15) is 34.2 Å². The van der Waals surface area contributed by atoms with Gasteiger partial charge < -0.3 is 42.6 Å². The van der Waals surface area contributed by atoms with Crippen LogP contribution in [0.3, 0.4) is 0 Å². The molecule has 13 heteroatoms. The zero-order valence-corrected chi connectivity index (χ0v) is 24.0. The molecule has 0 aliphatic rings. The molecule has 0 aliphatic heterocycles. The summed E-state index contributed by atoms with van der Waals surface area (Å²) in [5, 5.41) is 28.1. The Balaban J connectivity index is 1.80. The van der Waals surface area contributed by atoms with E-state index in [0.717, 1.165) is 10.9 Å². The summed E-state index contributed by atoms with van der Waals surface area (Å²) in [6, 6.07) is 8.39. The van der Waals surface area contributed by atoms with E-state index in [-0.39, 0.29) is 18.6 Å². The number of nitrogens with one attached hydrogen (secondary N) is 4. The van der Waals surface area contributed by atoms with Crippen LogP contribution in [0.4, 0.5) is 0 Å². The second kappa shape index (κ2) is 14.8. The molecule has 0 aliphatic carbocycles. The molecule has 2 aromatic carbocycles. The quantitative estimate of drug-likeness (QED) is 0.123. The van der Waals surface area contributed by atoms with Gasteiger partial charge in [0.15, 0.2) is 0 Å². The first kappa shape index (κ1) is 32.6.